The molecule has 0 aromatic heterocycles. The van der Waals surface area contributed by atoms with Crippen LogP contribution in [-0.2, 0) is 16.1 Å². The number of amides is 1. The molecule has 0 saturated carbocycles. The lowest BCUT2D eigenvalue weighted by atomic mass is 9.86. The van der Waals surface area contributed by atoms with E-state index in [1.165, 1.54) is 4.90 Å². The van der Waals surface area contributed by atoms with Crippen molar-refractivity contribution in [2.75, 3.05) is 13.1 Å². The van der Waals surface area contributed by atoms with Crippen molar-refractivity contribution in [2.24, 2.45) is 0 Å². The molecule has 0 bridgehead atoms. The van der Waals surface area contributed by atoms with Crippen molar-refractivity contribution in [1.82, 2.24) is 9.62 Å². The van der Waals surface area contributed by atoms with Crippen LogP contribution in [0.15, 0.2) is 0 Å². The number of nitrogens with one attached hydrogen (secondary N) is 1. The molecule has 2 unspecified atom stereocenters. The zero-order chi connectivity index (χ0) is 19.6. The highest BCUT2D eigenvalue weighted by atomic mass is 32.2. The number of carbonyl (C=O) groups is 1. The first kappa shape index (κ1) is 22.4. The molecule has 1 N–H and O–H groups in total. The van der Waals surface area contributed by atoms with Crippen LogP contribution < -0.4 is 4.72 Å². The van der Waals surface area contributed by atoms with Gasteiger partial charge < -0.3 is 14.2 Å². The van der Waals surface area contributed by atoms with Gasteiger partial charge in [-0.25, -0.2) is 18.0 Å². The maximum absolute atomic E-state index is 15.2. The Morgan fingerprint density at radius 2 is 1.68 bits per heavy atom. The first-order valence-corrected chi connectivity index (χ1v) is 9.44. The molecule has 9 heteroatoms. The number of ether oxygens (including phenoxy) is 1. The number of piperidine rings is 1. The fourth-order valence-electron chi connectivity index (χ4n) is 2.37. The van der Waals surface area contributed by atoms with Gasteiger partial charge in [0.25, 0.3) is 6.43 Å². The molecular formula is C16H29F3N2O3S. The van der Waals surface area contributed by atoms with E-state index in [1.54, 1.807) is 41.5 Å². The molecule has 148 valence electrons. The molecule has 1 fully saturated rings. The number of alkyl halides is 3. The minimum Gasteiger partial charge on any atom is -0.598 e. The van der Waals surface area contributed by atoms with Gasteiger partial charge in [-0.05, 0) is 41.5 Å². The third-order valence-corrected chi connectivity index (χ3v) is 5.43. The molecule has 0 aromatic carbocycles. The van der Waals surface area contributed by atoms with E-state index in [-0.39, 0.29) is 25.9 Å². The fourth-order valence-corrected chi connectivity index (χ4v) is 3.27. The SMILES string of the molecule is CC(C)(C)OC(=O)N1CCC(F)(C(N[S+]([O-])C(C)(C)C)C(F)F)CC1. The molecule has 1 aliphatic heterocycles. The second kappa shape index (κ2) is 7.92. The van der Waals surface area contributed by atoms with Crippen molar-refractivity contribution in [2.45, 2.75) is 82.9 Å². The fraction of sp³-hybridized carbons (Fsp3) is 0.938. The Morgan fingerprint density at radius 3 is 2.04 bits per heavy atom. The number of carbonyl (C=O) groups excluding carboxylic acids is 1. The highest BCUT2D eigenvalue weighted by molar-refractivity contribution is 7.90. The molecule has 25 heavy (non-hydrogen) atoms. The van der Waals surface area contributed by atoms with Gasteiger partial charge in [0.05, 0.1) is 0 Å². The molecule has 2 atom stereocenters. The summed E-state index contributed by atoms with van der Waals surface area (Å²) in [6.07, 6.45) is -4.13. The Hall–Kier alpha value is -0.670. The predicted octanol–water partition coefficient (Wildman–Crippen LogP) is 3.41. The van der Waals surface area contributed by atoms with Gasteiger partial charge in [-0.1, -0.05) is 0 Å². The molecule has 1 saturated heterocycles. The summed E-state index contributed by atoms with van der Waals surface area (Å²) in [6.45, 7) is 9.95. The van der Waals surface area contributed by atoms with Crippen LogP contribution in [-0.4, -0.2) is 57.1 Å². The molecule has 5 nitrogen and oxygen atoms in total. The number of hydrogen-bond donors (Lipinski definition) is 1. The van der Waals surface area contributed by atoms with Crippen LogP contribution in [0.3, 0.4) is 0 Å². The average molecular weight is 386 g/mol. The van der Waals surface area contributed by atoms with Gasteiger partial charge in [-0.15, -0.1) is 4.72 Å². The summed E-state index contributed by atoms with van der Waals surface area (Å²) < 4.78 is 60.8. The Balaban J connectivity index is 2.76. The van der Waals surface area contributed by atoms with Gasteiger partial charge in [-0.3, -0.25) is 0 Å². The minimum atomic E-state index is -3.01. The van der Waals surface area contributed by atoms with E-state index < -0.39 is 45.9 Å². The molecule has 0 aromatic rings. The maximum Gasteiger partial charge on any atom is 0.410 e. The predicted molar refractivity (Wildman–Crippen MR) is 91.7 cm³/mol. The van der Waals surface area contributed by atoms with Gasteiger partial charge in [0.2, 0.25) is 0 Å². The molecular weight excluding hydrogens is 357 g/mol. The van der Waals surface area contributed by atoms with E-state index in [4.69, 9.17) is 4.74 Å². The smallest absolute Gasteiger partial charge is 0.410 e. The van der Waals surface area contributed by atoms with Gasteiger partial charge in [0, 0.05) is 37.3 Å². The van der Waals surface area contributed by atoms with Crippen molar-refractivity contribution in [1.29, 1.82) is 0 Å². The normalized spacial score (nSPS) is 21.2. The maximum atomic E-state index is 15.2. The summed E-state index contributed by atoms with van der Waals surface area (Å²) in [4.78, 5) is 13.3. The minimum absolute atomic E-state index is 0.0293. The Kier molecular flexibility index (Phi) is 7.09. The molecule has 1 aliphatic rings. The highest BCUT2D eigenvalue weighted by Gasteiger charge is 2.50. The lowest BCUT2D eigenvalue weighted by molar-refractivity contribution is -0.0364. The van der Waals surface area contributed by atoms with Gasteiger partial charge in [0.15, 0.2) is 0 Å². The molecule has 0 aliphatic carbocycles. The van der Waals surface area contributed by atoms with E-state index in [9.17, 15) is 18.1 Å². The number of halogens is 3. The number of likely N-dealkylation sites (tertiary alicyclic amines) is 1. The van der Waals surface area contributed by atoms with E-state index >= 15 is 4.39 Å². The summed E-state index contributed by atoms with van der Waals surface area (Å²) >= 11 is -1.82. The van der Waals surface area contributed by atoms with Crippen LogP contribution in [0.5, 0.6) is 0 Å². The lowest BCUT2D eigenvalue weighted by Crippen LogP contribution is -2.60. The molecule has 0 radical (unpaired) electrons. The molecule has 1 heterocycles. The van der Waals surface area contributed by atoms with E-state index in [0.29, 0.717) is 0 Å². The van der Waals surface area contributed by atoms with Crippen molar-refractivity contribution in [3.8, 4) is 0 Å². The monoisotopic (exact) mass is 386 g/mol. The Labute approximate surface area is 151 Å². The van der Waals surface area contributed by atoms with Crippen LogP contribution in [0.2, 0.25) is 0 Å². The van der Waals surface area contributed by atoms with Crippen LogP contribution >= 0.6 is 0 Å². The lowest BCUT2D eigenvalue weighted by Gasteiger charge is -2.41. The number of rotatable bonds is 4. The molecule has 1 amide bonds. The standard InChI is InChI=1S/C16H29F3N2O3S/c1-14(2,3)24-13(22)21-9-7-16(19,8-10-21)11(12(17)18)20-25(23)15(4,5)6/h11-12,20H,7-10H2,1-6H3. The Bertz CT molecular complexity index is 459. The summed E-state index contributed by atoms with van der Waals surface area (Å²) in [5.41, 5.74) is -2.93. The van der Waals surface area contributed by atoms with Crippen molar-refractivity contribution < 1.29 is 27.3 Å². The molecule has 1 rings (SSSR count). The van der Waals surface area contributed by atoms with E-state index in [2.05, 4.69) is 4.72 Å². The van der Waals surface area contributed by atoms with Gasteiger partial charge in [-0.2, -0.15) is 0 Å². The van der Waals surface area contributed by atoms with Crippen LogP contribution in [0, 0.1) is 0 Å². The van der Waals surface area contributed by atoms with Crippen molar-refractivity contribution in [3.05, 3.63) is 0 Å². The van der Waals surface area contributed by atoms with Crippen LogP contribution in [0.1, 0.15) is 54.4 Å². The summed E-state index contributed by atoms with van der Waals surface area (Å²) in [7, 11) is 0. The summed E-state index contributed by atoms with van der Waals surface area (Å²) in [5.74, 6) is 0. The summed E-state index contributed by atoms with van der Waals surface area (Å²) in [5, 5.41) is 0. The van der Waals surface area contributed by atoms with Gasteiger partial charge >= 0.3 is 6.09 Å². The zero-order valence-corrected chi connectivity index (χ0v) is 16.5. The van der Waals surface area contributed by atoms with Crippen molar-refractivity contribution >= 4 is 17.5 Å². The van der Waals surface area contributed by atoms with Crippen LogP contribution in [0.25, 0.3) is 0 Å². The molecule has 0 spiro atoms. The third-order valence-electron chi connectivity index (χ3n) is 3.85. The van der Waals surface area contributed by atoms with E-state index in [0.717, 1.165) is 0 Å². The van der Waals surface area contributed by atoms with Crippen LogP contribution in [0.4, 0.5) is 18.0 Å². The first-order chi connectivity index (χ1) is 11.2. The first-order valence-electron chi connectivity index (χ1n) is 8.29. The third kappa shape index (κ3) is 6.53. The highest BCUT2D eigenvalue weighted by Crippen LogP contribution is 2.34. The average Bonchev–Trinajstić information content (AvgIpc) is 2.41. The Morgan fingerprint density at radius 1 is 1.20 bits per heavy atom. The van der Waals surface area contributed by atoms with E-state index in [1.807, 2.05) is 0 Å². The quantitative estimate of drug-likeness (QED) is 0.752. The second-order valence-electron chi connectivity index (χ2n) is 8.31. The summed E-state index contributed by atoms with van der Waals surface area (Å²) in [6, 6.07) is -1.85. The largest absolute Gasteiger partial charge is 0.598 e. The zero-order valence-electron chi connectivity index (χ0n) is 15.7. The van der Waals surface area contributed by atoms with Crippen molar-refractivity contribution in [3.63, 3.8) is 0 Å². The second-order valence-corrected chi connectivity index (χ2v) is 10.3. The number of hydrogen-bond acceptors (Lipinski definition) is 4. The number of nitrogens with zero attached hydrogens (tertiary/aromatic N) is 1. The topological polar surface area (TPSA) is 64.6 Å². The van der Waals surface area contributed by atoms with Gasteiger partial charge in [0.1, 0.15) is 22.1 Å².